The first kappa shape index (κ1) is 22.2. The zero-order valence-corrected chi connectivity index (χ0v) is 20.1. The van der Waals surface area contributed by atoms with Crippen LogP contribution in [-0.2, 0) is 14.3 Å². The van der Waals surface area contributed by atoms with Gasteiger partial charge in [-0.1, -0.05) is 52.2 Å². The number of allylic oxidation sites excluding steroid dienone is 1. The summed E-state index contributed by atoms with van der Waals surface area (Å²) in [5.74, 6) is -1.86. The second-order valence-corrected chi connectivity index (χ2v) is 9.94. The van der Waals surface area contributed by atoms with Crippen molar-refractivity contribution in [3.63, 3.8) is 0 Å². The molecule has 0 bridgehead atoms. The molecule has 2 atom stereocenters. The maximum atomic E-state index is 13.4. The maximum absolute atomic E-state index is 13.4. The predicted octanol–water partition coefficient (Wildman–Crippen LogP) is 6.42. The fraction of sp³-hybridized carbons (Fsp3) is 0.174. The smallest absolute Gasteiger partial charge is 0.296 e. The summed E-state index contributed by atoms with van der Waals surface area (Å²) in [6.45, 7) is 1.83. The highest BCUT2D eigenvalue weighted by Crippen LogP contribution is 2.45. The Labute approximate surface area is 207 Å². The molecule has 0 saturated heterocycles. The molecule has 2 aliphatic heterocycles. The maximum Gasteiger partial charge on any atom is 0.296 e. The van der Waals surface area contributed by atoms with Crippen LogP contribution in [0.2, 0.25) is 15.1 Å². The van der Waals surface area contributed by atoms with Crippen LogP contribution in [0.25, 0.3) is 10.2 Å². The van der Waals surface area contributed by atoms with Gasteiger partial charge in [0.05, 0.1) is 38.0 Å². The number of aliphatic hydroxyl groups is 1. The number of hydrogen-bond donors (Lipinski definition) is 1. The van der Waals surface area contributed by atoms with E-state index < -0.39 is 23.5 Å². The van der Waals surface area contributed by atoms with Gasteiger partial charge in [0.2, 0.25) is 5.78 Å². The minimum absolute atomic E-state index is 0.0971. The lowest BCUT2D eigenvalue weighted by molar-refractivity contribution is -0.118. The lowest BCUT2D eigenvalue weighted by Crippen LogP contribution is -2.31. The summed E-state index contributed by atoms with van der Waals surface area (Å²) < 4.78 is 6.37. The number of ketones is 1. The third-order valence-corrected chi connectivity index (χ3v) is 7.44. The third-order valence-electron chi connectivity index (χ3n) is 5.44. The number of carbonyl (C=O) groups excluding carboxylic acids is 2. The largest absolute Gasteiger partial charge is 0.503 e. The number of aliphatic hydroxyl groups excluding tert-OH is 1. The molecule has 2 aliphatic rings. The number of hydrogen-bond acceptors (Lipinski definition) is 6. The van der Waals surface area contributed by atoms with Crippen molar-refractivity contribution in [2.45, 2.75) is 25.5 Å². The van der Waals surface area contributed by atoms with Gasteiger partial charge in [0.25, 0.3) is 5.91 Å². The van der Waals surface area contributed by atoms with Crippen molar-refractivity contribution >= 4 is 73.2 Å². The van der Waals surface area contributed by atoms with E-state index in [0.29, 0.717) is 32.7 Å². The molecule has 0 radical (unpaired) electrons. The standard InChI is InChI=1S/C23H15Cl3N2O4S/c1-10-2-7-16(32-10)20(29)18-19(11-3-5-13(25)14(26)8-11)28(22(31)21(18)30)23-27-15-6-4-12(24)9-17(15)33-23/h3-10,19,30H,2H2,1H3. The molecule has 1 N–H and O–H groups in total. The number of benzene rings is 2. The van der Waals surface area contributed by atoms with E-state index in [-0.39, 0.29) is 22.5 Å². The zero-order valence-electron chi connectivity index (χ0n) is 17.0. The fourth-order valence-corrected chi connectivity index (χ4v) is 5.46. The van der Waals surface area contributed by atoms with Crippen molar-refractivity contribution in [3.05, 3.63) is 80.2 Å². The van der Waals surface area contributed by atoms with E-state index >= 15 is 0 Å². The van der Waals surface area contributed by atoms with Crippen molar-refractivity contribution in [2.75, 3.05) is 4.90 Å². The molecule has 168 valence electrons. The summed E-state index contributed by atoms with van der Waals surface area (Å²) in [6, 6.07) is 9.00. The molecule has 0 spiro atoms. The highest BCUT2D eigenvalue weighted by molar-refractivity contribution is 7.22. The summed E-state index contributed by atoms with van der Waals surface area (Å²) in [4.78, 5) is 32.5. The van der Waals surface area contributed by atoms with Crippen molar-refractivity contribution in [2.24, 2.45) is 0 Å². The van der Waals surface area contributed by atoms with Crippen LogP contribution in [0.3, 0.4) is 0 Å². The van der Waals surface area contributed by atoms with Crippen LogP contribution in [0.1, 0.15) is 24.9 Å². The molecule has 0 fully saturated rings. The molecule has 3 heterocycles. The molecule has 10 heteroatoms. The second kappa shape index (κ2) is 8.33. The lowest BCUT2D eigenvalue weighted by Gasteiger charge is -2.25. The van der Waals surface area contributed by atoms with E-state index in [1.165, 1.54) is 16.2 Å². The summed E-state index contributed by atoms with van der Waals surface area (Å²) in [6.07, 6.45) is 2.05. The number of fused-ring (bicyclic) bond motifs is 1. The summed E-state index contributed by atoms with van der Waals surface area (Å²) in [5.41, 5.74) is 1.03. The Bertz CT molecular complexity index is 1400. The number of anilines is 1. The quantitative estimate of drug-likeness (QED) is 0.429. The van der Waals surface area contributed by atoms with Crippen molar-refractivity contribution in [1.82, 2.24) is 4.98 Å². The number of rotatable bonds is 4. The van der Waals surface area contributed by atoms with Gasteiger partial charge in [-0.2, -0.15) is 0 Å². The number of Topliss-reactive ketones (excluding diaryl/α,β-unsaturated/α-hetero) is 1. The summed E-state index contributed by atoms with van der Waals surface area (Å²) in [7, 11) is 0. The second-order valence-electron chi connectivity index (χ2n) is 7.68. The monoisotopic (exact) mass is 520 g/mol. The average Bonchev–Trinajstić information content (AvgIpc) is 3.46. The van der Waals surface area contributed by atoms with E-state index in [1.807, 2.05) is 6.92 Å². The van der Waals surface area contributed by atoms with Crippen LogP contribution in [0.4, 0.5) is 5.13 Å². The summed E-state index contributed by atoms with van der Waals surface area (Å²) in [5, 5.41) is 12.2. The van der Waals surface area contributed by atoms with Crippen LogP contribution in [-0.4, -0.2) is 27.9 Å². The van der Waals surface area contributed by atoms with E-state index in [0.717, 1.165) is 4.70 Å². The Kier molecular flexibility index (Phi) is 5.61. The number of ether oxygens (including phenoxy) is 1. The van der Waals surface area contributed by atoms with Gasteiger partial charge in [0.1, 0.15) is 0 Å². The lowest BCUT2D eigenvalue weighted by atomic mass is 9.95. The third kappa shape index (κ3) is 3.79. The van der Waals surface area contributed by atoms with Gasteiger partial charge in [-0.3, -0.25) is 14.5 Å². The SMILES string of the molecule is CC1CC=C(C(=O)C2=C(O)C(=O)N(c3nc4ccc(Cl)cc4s3)C2c2ccc(Cl)c(Cl)c2)O1. The van der Waals surface area contributed by atoms with Crippen molar-refractivity contribution in [1.29, 1.82) is 0 Å². The predicted molar refractivity (Wildman–Crippen MR) is 129 cm³/mol. The Balaban J connectivity index is 1.67. The van der Waals surface area contributed by atoms with Crippen LogP contribution >= 0.6 is 46.1 Å². The molecule has 0 aliphatic carbocycles. The van der Waals surface area contributed by atoms with Crippen LogP contribution in [0.15, 0.2) is 59.6 Å². The Hall–Kier alpha value is -2.58. The number of halogens is 3. The van der Waals surface area contributed by atoms with E-state index in [4.69, 9.17) is 39.5 Å². The molecule has 0 saturated carbocycles. The van der Waals surface area contributed by atoms with Gasteiger partial charge in [0.15, 0.2) is 16.6 Å². The highest BCUT2D eigenvalue weighted by atomic mass is 35.5. The first-order chi connectivity index (χ1) is 15.7. The summed E-state index contributed by atoms with van der Waals surface area (Å²) >= 11 is 19.7. The molecular weight excluding hydrogens is 507 g/mol. The molecule has 2 aromatic carbocycles. The molecule has 3 aromatic rings. The number of aromatic nitrogens is 1. The van der Waals surface area contributed by atoms with Crippen LogP contribution < -0.4 is 4.90 Å². The molecule has 33 heavy (non-hydrogen) atoms. The molecule has 5 rings (SSSR count). The van der Waals surface area contributed by atoms with Crippen LogP contribution in [0.5, 0.6) is 0 Å². The molecule has 1 amide bonds. The number of nitrogens with zero attached hydrogens (tertiary/aromatic N) is 2. The van der Waals surface area contributed by atoms with Crippen LogP contribution in [0, 0.1) is 0 Å². The Morgan fingerprint density at radius 3 is 2.67 bits per heavy atom. The topological polar surface area (TPSA) is 79.7 Å². The highest BCUT2D eigenvalue weighted by Gasteiger charge is 2.47. The average molecular weight is 522 g/mol. The normalized spacial score (nSPS) is 20.5. The van der Waals surface area contributed by atoms with Gasteiger partial charge in [-0.15, -0.1) is 0 Å². The number of thiazole rings is 1. The number of amides is 1. The van der Waals surface area contributed by atoms with E-state index in [1.54, 1.807) is 42.5 Å². The van der Waals surface area contributed by atoms with Gasteiger partial charge < -0.3 is 9.84 Å². The fourth-order valence-electron chi connectivity index (χ4n) is 3.89. The Morgan fingerprint density at radius 2 is 1.97 bits per heavy atom. The van der Waals surface area contributed by atoms with Crippen molar-refractivity contribution in [3.8, 4) is 0 Å². The van der Waals surface area contributed by atoms with Gasteiger partial charge in [0, 0.05) is 11.4 Å². The minimum atomic E-state index is -0.976. The van der Waals surface area contributed by atoms with E-state index in [2.05, 4.69) is 4.98 Å². The van der Waals surface area contributed by atoms with Crippen molar-refractivity contribution < 1.29 is 19.4 Å². The molecule has 6 nitrogen and oxygen atoms in total. The number of carbonyl (C=O) groups is 2. The van der Waals surface area contributed by atoms with E-state index in [9.17, 15) is 14.7 Å². The molecule has 2 unspecified atom stereocenters. The van der Waals surface area contributed by atoms with Gasteiger partial charge in [-0.25, -0.2) is 4.98 Å². The first-order valence-electron chi connectivity index (χ1n) is 9.94. The van der Waals surface area contributed by atoms with Gasteiger partial charge >= 0.3 is 0 Å². The zero-order chi connectivity index (χ0) is 23.4. The minimum Gasteiger partial charge on any atom is -0.503 e. The van der Waals surface area contributed by atoms with Gasteiger partial charge in [-0.05, 0) is 48.9 Å². The Morgan fingerprint density at radius 1 is 1.18 bits per heavy atom. The first-order valence-corrected chi connectivity index (χ1v) is 11.9. The molecule has 1 aromatic heterocycles. The molecular formula is C23H15Cl3N2O4S.